The average molecular weight is 215 g/mol. The minimum Gasteiger partial charge on any atom is -0.445 e. The fraction of sp³-hybridized carbons (Fsp3) is 0.308. The molecular weight excluding hydrogens is 202 g/mol. The second kappa shape index (κ2) is 4.71. The maximum absolute atomic E-state index is 11.6. The number of hydrogen-bond donors (Lipinski definition) is 0. The van der Waals surface area contributed by atoms with Crippen LogP contribution in [-0.4, -0.2) is 23.6 Å². The molecule has 82 valence electrons. The zero-order chi connectivity index (χ0) is 11.4. The van der Waals surface area contributed by atoms with Crippen molar-refractivity contribution in [1.29, 1.82) is 0 Å². The van der Waals surface area contributed by atoms with Gasteiger partial charge in [0.15, 0.2) is 0 Å². The van der Waals surface area contributed by atoms with Crippen molar-refractivity contribution in [2.75, 3.05) is 6.54 Å². The predicted octanol–water partition coefficient (Wildman–Crippen LogP) is 2.03. The molecule has 1 unspecified atom stereocenters. The maximum Gasteiger partial charge on any atom is 0.411 e. The van der Waals surface area contributed by atoms with E-state index in [0.29, 0.717) is 13.2 Å². The van der Waals surface area contributed by atoms with Crippen LogP contribution in [0.2, 0.25) is 0 Å². The van der Waals surface area contributed by atoms with Gasteiger partial charge in [-0.3, -0.25) is 4.90 Å². The van der Waals surface area contributed by atoms with Crippen molar-refractivity contribution in [1.82, 2.24) is 4.90 Å². The molecule has 1 fully saturated rings. The Morgan fingerprint density at radius 2 is 2.25 bits per heavy atom. The van der Waals surface area contributed by atoms with E-state index < -0.39 is 0 Å². The van der Waals surface area contributed by atoms with Gasteiger partial charge in [-0.1, -0.05) is 36.3 Å². The van der Waals surface area contributed by atoms with Gasteiger partial charge in [0.2, 0.25) is 0 Å². The molecule has 0 aliphatic carbocycles. The molecule has 0 spiro atoms. The van der Waals surface area contributed by atoms with Gasteiger partial charge in [-0.05, 0) is 12.0 Å². The molecule has 1 atom stereocenters. The lowest BCUT2D eigenvalue weighted by Crippen LogP contribution is -2.50. The molecule has 1 aliphatic rings. The number of likely N-dealkylation sites (tertiary alicyclic amines) is 1. The zero-order valence-electron chi connectivity index (χ0n) is 8.93. The van der Waals surface area contributed by atoms with Gasteiger partial charge in [0, 0.05) is 6.54 Å². The van der Waals surface area contributed by atoms with Crippen molar-refractivity contribution in [3.8, 4) is 12.3 Å². The van der Waals surface area contributed by atoms with Crippen molar-refractivity contribution in [2.24, 2.45) is 0 Å². The predicted molar refractivity (Wildman–Crippen MR) is 60.6 cm³/mol. The van der Waals surface area contributed by atoms with Crippen LogP contribution in [0.1, 0.15) is 12.0 Å². The van der Waals surface area contributed by atoms with Crippen LogP contribution in [0.15, 0.2) is 30.3 Å². The first kappa shape index (κ1) is 10.6. The fourth-order valence-corrected chi connectivity index (χ4v) is 1.58. The summed E-state index contributed by atoms with van der Waals surface area (Å²) in [5.74, 6) is 2.56. The highest BCUT2D eigenvalue weighted by Crippen LogP contribution is 2.17. The lowest BCUT2D eigenvalue weighted by molar-refractivity contribution is 0.0600. The first-order valence-corrected chi connectivity index (χ1v) is 5.24. The molecule has 2 rings (SSSR count). The molecule has 0 radical (unpaired) electrons. The Balaban J connectivity index is 1.83. The van der Waals surface area contributed by atoms with Gasteiger partial charge in [-0.25, -0.2) is 4.79 Å². The molecule has 16 heavy (non-hydrogen) atoms. The van der Waals surface area contributed by atoms with Crippen molar-refractivity contribution >= 4 is 6.09 Å². The Bertz CT molecular complexity index is 408. The summed E-state index contributed by atoms with van der Waals surface area (Å²) >= 11 is 0. The van der Waals surface area contributed by atoms with Gasteiger partial charge in [-0.2, -0.15) is 0 Å². The minimum atomic E-state index is -0.321. The summed E-state index contributed by atoms with van der Waals surface area (Å²) in [4.78, 5) is 13.1. The molecule has 1 saturated heterocycles. The summed E-state index contributed by atoms with van der Waals surface area (Å²) in [5, 5.41) is 0. The molecule has 0 bridgehead atoms. The topological polar surface area (TPSA) is 29.5 Å². The quantitative estimate of drug-likeness (QED) is 0.706. The molecule has 3 heteroatoms. The van der Waals surface area contributed by atoms with Gasteiger partial charge in [0.05, 0.1) is 6.04 Å². The van der Waals surface area contributed by atoms with E-state index in [9.17, 15) is 4.79 Å². The number of benzene rings is 1. The van der Waals surface area contributed by atoms with E-state index in [4.69, 9.17) is 11.2 Å². The van der Waals surface area contributed by atoms with Gasteiger partial charge in [0.1, 0.15) is 6.61 Å². The Labute approximate surface area is 95.0 Å². The largest absolute Gasteiger partial charge is 0.445 e. The van der Waals surface area contributed by atoms with E-state index >= 15 is 0 Å². The van der Waals surface area contributed by atoms with Crippen LogP contribution in [0.3, 0.4) is 0 Å². The van der Waals surface area contributed by atoms with Crippen LogP contribution in [0.5, 0.6) is 0 Å². The van der Waals surface area contributed by atoms with Crippen molar-refractivity contribution < 1.29 is 9.53 Å². The van der Waals surface area contributed by atoms with Crippen molar-refractivity contribution in [3.63, 3.8) is 0 Å². The summed E-state index contributed by atoms with van der Waals surface area (Å²) < 4.78 is 5.16. The number of hydrogen-bond acceptors (Lipinski definition) is 2. The lowest BCUT2D eigenvalue weighted by Gasteiger charge is -2.36. The Morgan fingerprint density at radius 3 is 2.81 bits per heavy atom. The van der Waals surface area contributed by atoms with Gasteiger partial charge in [-0.15, -0.1) is 6.42 Å². The summed E-state index contributed by atoms with van der Waals surface area (Å²) in [6.07, 6.45) is 5.82. The maximum atomic E-state index is 11.6. The second-order valence-corrected chi connectivity index (χ2v) is 3.70. The summed E-state index contributed by atoms with van der Waals surface area (Å²) in [6.45, 7) is 0.996. The molecular formula is C13H13NO2. The van der Waals surface area contributed by atoms with Crippen LogP contribution in [-0.2, 0) is 11.3 Å². The number of nitrogens with zero attached hydrogens (tertiary/aromatic N) is 1. The number of amides is 1. The molecule has 1 heterocycles. The Hall–Kier alpha value is -1.95. The van der Waals surface area contributed by atoms with Crippen LogP contribution >= 0.6 is 0 Å². The monoisotopic (exact) mass is 215 g/mol. The van der Waals surface area contributed by atoms with Gasteiger partial charge < -0.3 is 4.74 Å². The van der Waals surface area contributed by atoms with E-state index in [1.54, 1.807) is 4.90 Å². The van der Waals surface area contributed by atoms with E-state index in [1.807, 2.05) is 30.3 Å². The van der Waals surface area contributed by atoms with Crippen LogP contribution in [0.25, 0.3) is 0 Å². The van der Waals surface area contributed by atoms with E-state index in [1.165, 1.54) is 0 Å². The molecule has 1 aliphatic heterocycles. The van der Waals surface area contributed by atoms with Crippen molar-refractivity contribution in [3.05, 3.63) is 35.9 Å². The van der Waals surface area contributed by atoms with Gasteiger partial charge >= 0.3 is 6.09 Å². The van der Waals surface area contributed by atoms with Gasteiger partial charge in [0.25, 0.3) is 0 Å². The number of rotatable bonds is 2. The normalized spacial score (nSPS) is 18.4. The van der Waals surface area contributed by atoms with Crippen LogP contribution in [0, 0.1) is 12.3 Å². The molecule has 1 aromatic rings. The summed E-state index contributed by atoms with van der Waals surface area (Å²) in [5.41, 5.74) is 0.980. The fourth-order valence-electron chi connectivity index (χ4n) is 1.58. The molecule has 0 N–H and O–H groups in total. The lowest BCUT2D eigenvalue weighted by atomic mass is 10.1. The highest BCUT2D eigenvalue weighted by atomic mass is 16.6. The molecule has 3 nitrogen and oxygen atoms in total. The first-order valence-electron chi connectivity index (χ1n) is 5.24. The average Bonchev–Trinajstić information content (AvgIpc) is 2.27. The van der Waals surface area contributed by atoms with Crippen molar-refractivity contribution in [2.45, 2.75) is 19.1 Å². The highest BCUT2D eigenvalue weighted by molar-refractivity contribution is 5.69. The minimum absolute atomic E-state index is 0.0803. The first-order chi connectivity index (χ1) is 7.81. The molecule has 1 amide bonds. The van der Waals surface area contributed by atoms with Crippen LogP contribution in [0.4, 0.5) is 4.79 Å². The SMILES string of the molecule is C#CC1CCN1C(=O)OCc1ccccc1. The Morgan fingerprint density at radius 1 is 1.50 bits per heavy atom. The third kappa shape index (κ3) is 2.17. The number of terminal acetylenes is 1. The van der Waals surface area contributed by atoms with E-state index in [-0.39, 0.29) is 12.1 Å². The molecule has 1 aromatic carbocycles. The molecule has 0 aromatic heterocycles. The third-order valence-corrected chi connectivity index (χ3v) is 2.65. The number of carbonyl (C=O) groups is 1. The number of ether oxygens (including phenoxy) is 1. The zero-order valence-corrected chi connectivity index (χ0v) is 8.93. The molecule has 0 saturated carbocycles. The summed E-state index contributed by atoms with van der Waals surface area (Å²) in [6, 6.07) is 9.51. The third-order valence-electron chi connectivity index (χ3n) is 2.65. The number of carbonyl (C=O) groups excluding carboxylic acids is 1. The second-order valence-electron chi connectivity index (χ2n) is 3.70. The van der Waals surface area contributed by atoms with E-state index in [2.05, 4.69) is 5.92 Å². The smallest absolute Gasteiger partial charge is 0.411 e. The van der Waals surface area contributed by atoms with Crippen LogP contribution < -0.4 is 0 Å². The van der Waals surface area contributed by atoms with E-state index in [0.717, 1.165) is 12.0 Å². The Kier molecular flexibility index (Phi) is 3.11. The highest BCUT2D eigenvalue weighted by Gasteiger charge is 2.31. The summed E-state index contributed by atoms with van der Waals surface area (Å²) in [7, 11) is 0. The standard InChI is InChI=1S/C13H13NO2/c1-2-12-8-9-14(12)13(15)16-10-11-6-4-3-5-7-11/h1,3-7,12H,8-10H2.